The molecule has 0 aliphatic heterocycles. The molecular weight excluding hydrogens is 412 g/mol. The van der Waals surface area contributed by atoms with Gasteiger partial charge in [-0.1, -0.05) is 30.7 Å². The van der Waals surface area contributed by atoms with E-state index < -0.39 is 17.2 Å². The van der Waals surface area contributed by atoms with Crippen LogP contribution in [-0.2, 0) is 24.9 Å². The van der Waals surface area contributed by atoms with Gasteiger partial charge in [-0.3, -0.25) is 23.3 Å². The second kappa shape index (κ2) is 9.27. The Bertz CT molecular complexity index is 1180. The van der Waals surface area contributed by atoms with Gasteiger partial charge >= 0.3 is 17.7 Å². The van der Waals surface area contributed by atoms with Crippen LogP contribution < -0.4 is 16.0 Å². The van der Waals surface area contributed by atoms with Crippen molar-refractivity contribution in [1.29, 1.82) is 0 Å². The minimum Gasteiger partial charge on any atom is -0.396 e. The normalized spacial score (nSPS) is 11.2. The van der Waals surface area contributed by atoms with E-state index in [0.29, 0.717) is 11.4 Å². The summed E-state index contributed by atoms with van der Waals surface area (Å²) in [6.45, 7) is 1.95. The number of imidazole rings is 1. The third kappa shape index (κ3) is 4.31. The van der Waals surface area contributed by atoms with Gasteiger partial charge in [0.25, 0.3) is 5.56 Å². The van der Waals surface area contributed by atoms with Crippen LogP contribution in [0.5, 0.6) is 6.01 Å². The first-order valence-electron chi connectivity index (χ1n) is 9.63. The van der Waals surface area contributed by atoms with E-state index in [4.69, 9.17) is 21.4 Å². The number of carbonyl (C=O) groups is 1. The van der Waals surface area contributed by atoms with Crippen molar-refractivity contribution >= 4 is 28.7 Å². The molecule has 160 valence electrons. The van der Waals surface area contributed by atoms with Gasteiger partial charge in [-0.2, -0.15) is 4.98 Å². The molecule has 0 aliphatic carbocycles. The maximum Gasteiger partial charge on any atom is 0.332 e. The summed E-state index contributed by atoms with van der Waals surface area (Å²) in [6, 6.07) is 6.96. The van der Waals surface area contributed by atoms with E-state index in [1.165, 1.54) is 16.2 Å². The van der Waals surface area contributed by atoms with Crippen molar-refractivity contribution in [2.24, 2.45) is 7.05 Å². The number of aliphatic hydroxyl groups is 1. The molecule has 3 rings (SSSR count). The number of fused-ring (bicyclic) bond motifs is 1. The molecule has 2 heterocycles. The Labute approximate surface area is 177 Å². The lowest BCUT2D eigenvalue weighted by Gasteiger charge is -2.11. The molecule has 0 atom stereocenters. The molecule has 0 radical (unpaired) electrons. The van der Waals surface area contributed by atoms with Gasteiger partial charge in [0.15, 0.2) is 11.2 Å². The Morgan fingerprint density at radius 2 is 1.90 bits per heavy atom. The summed E-state index contributed by atoms with van der Waals surface area (Å²) in [5.41, 5.74) is -0.0335. The standard InChI is InChI=1S/C20H23ClN4O5/c1-3-5-15(27)30-19-22-17-16(25(19)12-13-6-8-14(21)9-7-13)18(28)24(10-4-11-26)20(29)23(17)2/h6-9,26H,3-5,10-12H2,1-2H3. The molecule has 0 saturated carbocycles. The van der Waals surface area contributed by atoms with Crippen molar-refractivity contribution in [3.8, 4) is 6.01 Å². The second-order valence-electron chi connectivity index (χ2n) is 6.88. The summed E-state index contributed by atoms with van der Waals surface area (Å²) in [4.78, 5) is 42.2. The summed E-state index contributed by atoms with van der Waals surface area (Å²) in [5, 5.41) is 9.67. The quantitative estimate of drug-likeness (QED) is 0.540. The molecule has 0 aliphatic rings. The zero-order chi connectivity index (χ0) is 21.8. The molecular formula is C20H23ClN4O5. The number of aromatic nitrogens is 4. The second-order valence-corrected chi connectivity index (χ2v) is 7.32. The van der Waals surface area contributed by atoms with Crippen LogP contribution in [0.3, 0.4) is 0 Å². The predicted octanol–water partition coefficient (Wildman–Crippen LogP) is 1.69. The highest BCUT2D eigenvalue weighted by molar-refractivity contribution is 6.30. The molecule has 2 aromatic heterocycles. The van der Waals surface area contributed by atoms with Crippen molar-refractivity contribution in [2.45, 2.75) is 39.3 Å². The number of esters is 1. The molecule has 30 heavy (non-hydrogen) atoms. The third-order valence-corrected chi connectivity index (χ3v) is 4.90. The van der Waals surface area contributed by atoms with Gasteiger partial charge in [0.2, 0.25) is 0 Å². The Balaban J connectivity index is 2.22. The number of aliphatic hydroxyl groups excluding tert-OH is 1. The third-order valence-electron chi connectivity index (χ3n) is 4.65. The van der Waals surface area contributed by atoms with Crippen LogP contribution in [0.2, 0.25) is 5.02 Å². The highest BCUT2D eigenvalue weighted by Gasteiger charge is 2.22. The van der Waals surface area contributed by atoms with E-state index >= 15 is 0 Å². The Kier molecular flexibility index (Phi) is 6.73. The first-order chi connectivity index (χ1) is 14.4. The van der Waals surface area contributed by atoms with Crippen LogP contribution in [0.25, 0.3) is 11.2 Å². The SMILES string of the molecule is CCCC(=O)Oc1nc2c(c(=O)n(CCCO)c(=O)n2C)n1Cc1ccc(Cl)cc1. The zero-order valence-electron chi connectivity index (χ0n) is 16.8. The van der Waals surface area contributed by atoms with Crippen LogP contribution in [0, 0.1) is 0 Å². The predicted molar refractivity (Wildman–Crippen MR) is 112 cm³/mol. The fourth-order valence-corrected chi connectivity index (χ4v) is 3.26. The van der Waals surface area contributed by atoms with E-state index in [1.807, 2.05) is 6.92 Å². The summed E-state index contributed by atoms with van der Waals surface area (Å²) >= 11 is 5.96. The summed E-state index contributed by atoms with van der Waals surface area (Å²) < 4.78 is 9.20. The van der Waals surface area contributed by atoms with Gasteiger partial charge in [0, 0.05) is 31.6 Å². The first kappa shape index (κ1) is 21.8. The fraction of sp³-hybridized carbons (Fsp3) is 0.400. The van der Waals surface area contributed by atoms with Crippen molar-refractivity contribution in [1.82, 2.24) is 18.7 Å². The monoisotopic (exact) mass is 434 g/mol. The average Bonchev–Trinajstić information content (AvgIpc) is 3.06. The van der Waals surface area contributed by atoms with Gasteiger partial charge in [-0.25, -0.2) is 4.79 Å². The lowest BCUT2D eigenvalue weighted by molar-refractivity contribution is -0.135. The smallest absolute Gasteiger partial charge is 0.332 e. The molecule has 0 amide bonds. The van der Waals surface area contributed by atoms with Crippen LogP contribution in [-0.4, -0.2) is 36.4 Å². The minimum absolute atomic E-state index is 0.0505. The van der Waals surface area contributed by atoms with Crippen molar-refractivity contribution in [2.75, 3.05) is 6.61 Å². The summed E-state index contributed by atoms with van der Waals surface area (Å²) in [7, 11) is 1.50. The van der Waals surface area contributed by atoms with E-state index in [-0.39, 0.29) is 49.7 Å². The number of hydrogen-bond donors (Lipinski definition) is 1. The number of benzene rings is 1. The first-order valence-corrected chi connectivity index (χ1v) is 10.0. The minimum atomic E-state index is -0.555. The van der Waals surface area contributed by atoms with Crippen molar-refractivity contribution < 1.29 is 14.6 Å². The molecule has 0 saturated heterocycles. The summed E-state index contributed by atoms with van der Waals surface area (Å²) in [5.74, 6) is -0.476. The number of halogens is 1. The molecule has 1 N–H and O–H groups in total. The molecule has 0 fully saturated rings. The van der Waals surface area contributed by atoms with E-state index in [9.17, 15) is 14.4 Å². The van der Waals surface area contributed by atoms with Gasteiger partial charge < -0.3 is 9.84 Å². The van der Waals surface area contributed by atoms with Crippen LogP contribution in [0.1, 0.15) is 31.7 Å². The maximum absolute atomic E-state index is 13.1. The van der Waals surface area contributed by atoms with Gasteiger partial charge in [0.05, 0.1) is 6.54 Å². The number of rotatable bonds is 8. The molecule has 1 aromatic carbocycles. The molecule has 0 bridgehead atoms. The zero-order valence-corrected chi connectivity index (χ0v) is 17.6. The Morgan fingerprint density at radius 1 is 1.20 bits per heavy atom. The molecule has 0 spiro atoms. The Hall–Kier alpha value is -2.91. The van der Waals surface area contributed by atoms with E-state index in [1.54, 1.807) is 24.3 Å². The molecule has 10 heteroatoms. The van der Waals surface area contributed by atoms with Crippen molar-refractivity contribution in [3.63, 3.8) is 0 Å². The summed E-state index contributed by atoms with van der Waals surface area (Å²) in [6.07, 6.45) is 1.05. The highest BCUT2D eigenvalue weighted by Crippen LogP contribution is 2.21. The van der Waals surface area contributed by atoms with Gasteiger partial charge in [0.1, 0.15) is 0 Å². The lowest BCUT2D eigenvalue weighted by atomic mass is 10.2. The van der Waals surface area contributed by atoms with Crippen molar-refractivity contribution in [3.05, 3.63) is 55.7 Å². The van der Waals surface area contributed by atoms with Gasteiger partial charge in [-0.05, 0) is 30.5 Å². The van der Waals surface area contributed by atoms with E-state index in [2.05, 4.69) is 4.98 Å². The molecule has 3 aromatic rings. The molecule has 0 unspecified atom stereocenters. The van der Waals surface area contributed by atoms with E-state index in [0.717, 1.165) is 10.1 Å². The number of nitrogens with zero attached hydrogens (tertiary/aromatic N) is 4. The number of aryl methyl sites for hydroxylation is 1. The molecule has 9 nitrogen and oxygen atoms in total. The number of ether oxygens (including phenoxy) is 1. The lowest BCUT2D eigenvalue weighted by Crippen LogP contribution is -2.39. The van der Waals surface area contributed by atoms with Crippen LogP contribution in [0.4, 0.5) is 0 Å². The topological polar surface area (TPSA) is 108 Å². The van der Waals surface area contributed by atoms with Crippen LogP contribution >= 0.6 is 11.6 Å². The Morgan fingerprint density at radius 3 is 2.53 bits per heavy atom. The largest absolute Gasteiger partial charge is 0.396 e. The number of carbonyl (C=O) groups excluding carboxylic acids is 1. The fourth-order valence-electron chi connectivity index (χ4n) is 3.13. The van der Waals surface area contributed by atoms with Crippen LogP contribution in [0.15, 0.2) is 33.9 Å². The van der Waals surface area contributed by atoms with Gasteiger partial charge in [-0.15, -0.1) is 0 Å². The maximum atomic E-state index is 13.1. The number of hydrogen-bond acceptors (Lipinski definition) is 6. The highest BCUT2D eigenvalue weighted by atomic mass is 35.5. The average molecular weight is 435 g/mol.